The zero-order valence-electron chi connectivity index (χ0n) is 11.1. The van der Waals surface area contributed by atoms with Crippen molar-refractivity contribution in [3.05, 3.63) is 35.6 Å². The van der Waals surface area contributed by atoms with Crippen LogP contribution in [0.4, 0.5) is 4.39 Å². The van der Waals surface area contributed by atoms with Crippen molar-refractivity contribution in [3.8, 4) is 0 Å². The second kappa shape index (κ2) is 5.81. The number of halogens is 1. The second-order valence-electron chi connectivity index (χ2n) is 5.57. The van der Waals surface area contributed by atoms with E-state index in [0.717, 1.165) is 5.56 Å². The Morgan fingerprint density at radius 1 is 1.39 bits per heavy atom. The van der Waals surface area contributed by atoms with E-state index >= 15 is 0 Å². The van der Waals surface area contributed by atoms with Crippen molar-refractivity contribution in [3.63, 3.8) is 0 Å². The quantitative estimate of drug-likeness (QED) is 0.815. The molecule has 0 bridgehead atoms. The molecule has 2 nitrogen and oxygen atoms in total. The molecule has 18 heavy (non-hydrogen) atoms. The van der Waals surface area contributed by atoms with E-state index in [0.29, 0.717) is 11.8 Å². The van der Waals surface area contributed by atoms with Gasteiger partial charge in [0.25, 0.3) is 0 Å². The van der Waals surface area contributed by atoms with Gasteiger partial charge in [-0.1, -0.05) is 26.0 Å². The van der Waals surface area contributed by atoms with E-state index in [1.165, 1.54) is 18.9 Å². The van der Waals surface area contributed by atoms with Crippen LogP contribution in [0.25, 0.3) is 0 Å². The first-order valence-corrected chi connectivity index (χ1v) is 6.74. The Bertz CT molecular complexity index is 390. The zero-order valence-corrected chi connectivity index (χ0v) is 11.1. The average Bonchev–Trinajstić information content (AvgIpc) is 3.14. The molecule has 2 rings (SSSR count). The predicted molar refractivity (Wildman–Crippen MR) is 70.7 cm³/mol. The molecule has 1 unspecified atom stereocenters. The average molecular weight is 251 g/mol. The lowest BCUT2D eigenvalue weighted by Crippen LogP contribution is -2.40. The summed E-state index contributed by atoms with van der Waals surface area (Å²) in [4.78, 5) is 0. The largest absolute Gasteiger partial charge is 0.395 e. The first kappa shape index (κ1) is 13.5. The van der Waals surface area contributed by atoms with Gasteiger partial charge in [0.2, 0.25) is 0 Å². The van der Waals surface area contributed by atoms with Crippen molar-refractivity contribution in [2.24, 2.45) is 11.8 Å². The molecule has 2 atom stereocenters. The Hall–Kier alpha value is -0.930. The predicted octanol–water partition coefficient (Wildman–Crippen LogP) is 2.88. The minimum absolute atomic E-state index is 0.0684. The number of aliphatic hydroxyl groups is 1. The fourth-order valence-electron chi connectivity index (χ4n) is 2.32. The Balaban J connectivity index is 2.13. The molecule has 2 N–H and O–H groups in total. The highest BCUT2D eigenvalue weighted by atomic mass is 19.1. The monoisotopic (exact) mass is 251 g/mol. The maximum absolute atomic E-state index is 13.3. The molecule has 100 valence electrons. The zero-order chi connectivity index (χ0) is 13.1. The molecular weight excluding hydrogens is 229 g/mol. The van der Waals surface area contributed by atoms with Crippen molar-refractivity contribution in [1.29, 1.82) is 0 Å². The molecule has 3 heteroatoms. The Kier molecular flexibility index (Phi) is 4.36. The van der Waals surface area contributed by atoms with E-state index in [-0.39, 0.29) is 24.5 Å². The SMILES string of the molecule is CC(C)[C@@H](CO)NC(c1cccc(F)c1)C1CC1. The van der Waals surface area contributed by atoms with Crippen LogP contribution < -0.4 is 5.32 Å². The number of hydrogen-bond donors (Lipinski definition) is 2. The maximum Gasteiger partial charge on any atom is 0.123 e. The lowest BCUT2D eigenvalue weighted by Gasteiger charge is -2.27. The molecular formula is C15H22FNO. The summed E-state index contributed by atoms with van der Waals surface area (Å²) in [7, 11) is 0. The summed E-state index contributed by atoms with van der Waals surface area (Å²) in [5.41, 5.74) is 0.997. The van der Waals surface area contributed by atoms with Crippen molar-refractivity contribution >= 4 is 0 Å². The summed E-state index contributed by atoms with van der Waals surface area (Å²) in [6.45, 7) is 4.29. The molecule has 0 amide bonds. The number of nitrogens with one attached hydrogen (secondary N) is 1. The van der Waals surface area contributed by atoms with Gasteiger partial charge in [0, 0.05) is 12.1 Å². The summed E-state index contributed by atoms with van der Waals surface area (Å²) in [6, 6.07) is 7.03. The highest BCUT2D eigenvalue weighted by molar-refractivity contribution is 5.22. The Morgan fingerprint density at radius 3 is 2.61 bits per heavy atom. The van der Waals surface area contributed by atoms with Gasteiger partial charge in [-0.3, -0.25) is 0 Å². The van der Waals surface area contributed by atoms with Crippen molar-refractivity contribution in [2.75, 3.05) is 6.61 Å². The topological polar surface area (TPSA) is 32.3 Å². The molecule has 0 spiro atoms. The van der Waals surface area contributed by atoms with E-state index in [2.05, 4.69) is 19.2 Å². The number of benzene rings is 1. The van der Waals surface area contributed by atoms with Gasteiger partial charge < -0.3 is 10.4 Å². The molecule has 1 saturated carbocycles. The van der Waals surface area contributed by atoms with E-state index in [1.807, 2.05) is 6.07 Å². The highest BCUT2D eigenvalue weighted by Gasteiger charge is 2.34. The normalized spacial score (nSPS) is 18.9. The van der Waals surface area contributed by atoms with Crippen LogP contribution >= 0.6 is 0 Å². The maximum atomic E-state index is 13.3. The minimum Gasteiger partial charge on any atom is -0.395 e. The van der Waals surface area contributed by atoms with Crippen LogP contribution in [0, 0.1) is 17.7 Å². The molecule has 1 aliphatic rings. The van der Waals surface area contributed by atoms with Gasteiger partial charge in [-0.25, -0.2) is 4.39 Å². The minimum atomic E-state index is -0.190. The second-order valence-corrected chi connectivity index (χ2v) is 5.57. The van der Waals surface area contributed by atoms with Gasteiger partial charge in [-0.2, -0.15) is 0 Å². The van der Waals surface area contributed by atoms with Crippen LogP contribution in [0.1, 0.15) is 38.3 Å². The van der Waals surface area contributed by atoms with Gasteiger partial charge in [0.15, 0.2) is 0 Å². The summed E-state index contributed by atoms with van der Waals surface area (Å²) in [5, 5.41) is 12.9. The van der Waals surface area contributed by atoms with Crippen LogP contribution in [-0.2, 0) is 0 Å². The number of rotatable bonds is 6. The fourth-order valence-corrected chi connectivity index (χ4v) is 2.32. The lowest BCUT2D eigenvalue weighted by molar-refractivity contribution is 0.194. The molecule has 0 heterocycles. The molecule has 1 aromatic rings. The molecule has 0 radical (unpaired) electrons. The fraction of sp³-hybridized carbons (Fsp3) is 0.600. The molecule has 1 aromatic carbocycles. The van der Waals surface area contributed by atoms with E-state index in [1.54, 1.807) is 12.1 Å². The summed E-state index contributed by atoms with van der Waals surface area (Å²) < 4.78 is 13.3. The van der Waals surface area contributed by atoms with Gasteiger partial charge >= 0.3 is 0 Å². The van der Waals surface area contributed by atoms with Crippen LogP contribution in [0.15, 0.2) is 24.3 Å². The van der Waals surface area contributed by atoms with E-state index < -0.39 is 0 Å². The Labute approximate surface area is 108 Å². The molecule has 1 fully saturated rings. The van der Waals surface area contributed by atoms with Gasteiger partial charge in [0.1, 0.15) is 5.82 Å². The lowest BCUT2D eigenvalue weighted by atomic mass is 9.98. The van der Waals surface area contributed by atoms with Crippen molar-refractivity contribution < 1.29 is 9.50 Å². The molecule has 0 aliphatic heterocycles. The first-order valence-electron chi connectivity index (χ1n) is 6.74. The van der Waals surface area contributed by atoms with Crippen LogP contribution in [0.2, 0.25) is 0 Å². The third kappa shape index (κ3) is 3.30. The summed E-state index contributed by atoms with van der Waals surface area (Å²) in [5.74, 6) is 0.759. The molecule has 0 aromatic heterocycles. The van der Waals surface area contributed by atoms with Gasteiger partial charge in [-0.15, -0.1) is 0 Å². The summed E-state index contributed by atoms with van der Waals surface area (Å²) in [6.07, 6.45) is 2.37. The summed E-state index contributed by atoms with van der Waals surface area (Å²) >= 11 is 0. The van der Waals surface area contributed by atoms with Gasteiger partial charge in [0.05, 0.1) is 6.61 Å². The van der Waals surface area contributed by atoms with Crippen LogP contribution in [0.3, 0.4) is 0 Å². The number of hydrogen-bond acceptors (Lipinski definition) is 2. The third-order valence-corrected chi connectivity index (χ3v) is 3.70. The number of aliphatic hydroxyl groups excluding tert-OH is 1. The third-order valence-electron chi connectivity index (χ3n) is 3.70. The van der Waals surface area contributed by atoms with E-state index in [4.69, 9.17) is 0 Å². The van der Waals surface area contributed by atoms with Crippen LogP contribution in [0.5, 0.6) is 0 Å². The Morgan fingerprint density at radius 2 is 2.11 bits per heavy atom. The highest BCUT2D eigenvalue weighted by Crippen LogP contribution is 2.41. The first-order chi connectivity index (χ1) is 8.61. The standard InChI is InChI=1S/C15H22FNO/c1-10(2)14(9-18)17-15(11-6-7-11)12-4-3-5-13(16)8-12/h3-5,8,10-11,14-15,17-18H,6-7,9H2,1-2H3/t14-,15?/m1/s1. The van der Waals surface area contributed by atoms with Crippen molar-refractivity contribution in [1.82, 2.24) is 5.32 Å². The smallest absolute Gasteiger partial charge is 0.123 e. The molecule has 0 saturated heterocycles. The van der Waals surface area contributed by atoms with Crippen molar-refractivity contribution in [2.45, 2.75) is 38.8 Å². The van der Waals surface area contributed by atoms with E-state index in [9.17, 15) is 9.50 Å². The van der Waals surface area contributed by atoms with Crippen LogP contribution in [-0.4, -0.2) is 17.8 Å². The molecule has 1 aliphatic carbocycles. The van der Waals surface area contributed by atoms with Gasteiger partial charge in [-0.05, 0) is 42.4 Å².